The van der Waals surface area contributed by atoms with Crippen molar-refractivity contribution in [1.82, 2.24) is 19.3 Å². The van der Waals surface area contributed by atoms with Gasteiger partial charge in [0.2, 0.25) is 10.0 Å². The minimum atomic E-state index is -3.56. The van der Waals surface area contributed by atoms with Crippen molar-refractivity contribution in [2.24, 2.45) is 0 Å². The van der Waals surface area contributed by atoms with Crippen molar-refractivity contribution in [3.63, 3.8) is 0 Å². The number of aryl methyl sites for hydroxylation is 1. The Morgan fingerprint density at radius 2 is 2.17 bits per heavy atom. The molecule has 8 heteroatoms. The lowest BCUT2D eigenvalue weighted by molar-refractivity contribution is 0.117. The van der Waals surface area contributed by atoms with Crippen LogP contribution in [-0.4, -0.2) is 59.5 Å². The zero-order chi connectivity index (χ0) is 16.2. The van der Waals surface area contributed by atoms with Crippen molar-refractivity contribution in [3.05, 3.63) is 18.0 Å². The lowest BCUT2D eigenvalue weighted by Crippen LogP contribution is -2.56. The Bertz CT molecular complexity index is 848. The highest BCUT2D eigenvalue weighted by atomic mass is 32.2. The fourth-order valence-corrected chi connectivity index (χ4v) is 5.33. The van der Waals surface area contributed by atoms with Crippen molar-refractivity contribution in [2.45, 2.75) is 43.7 Å². The smallest absolute Gasteiger partial charge is 0.257 e. The van der Waals surface area contributed by atoms with Gasteiger partial charge < -0.3 is 4.52 Å². The molecular weight excluding hydrogens is 316 g/mol. The summed E-state index contributed by atoms with van der Waals surface area (Å²) in [6.07, 6.45) is 3.59. The van der Waals surface area contributed by atoms with Gasteiger partial charge in [-0.05, 0) is 39.3 Å². The van der Waals surface area contributed by atoms with Crippen LogP contribution >= 0.6 is 0 Å². The Hall–Kier alpha value is -1.51. The van der Waals surface area contributed by atoms with Gasteiger partial charge in [-0.2, -0.15) is 4.31 Å². The molecule has 0 N–H and O–H groups in total. The molecule has 0 saturated carbocycles. The maximum absolute atomic E-state index is 13.1. The van der Waals surface area contributed by atoms with E-state index < -0.39 is 10.0 Å². The molecule has 23 heavy (non-hydrogen) atoms. The first-order chi connectivity index (χ1) is 11.0. The van der Waals surface area contributed by atoms with Crippen molar-refractivity contribution >= 4 is 21.1 Å². The Balaban J connectivity index is 1.71. The maximum atomic E-state index is 13.1. The summed E-state index contributed by atoms with van der Waals surface area (Å²) >= 11 is 0. The van der Waals surface area contributed by atoms with Crippen LogP contribution < -0.4 is 0 Å². The third-order valence-electron chi connectivity index (χ3n) is 4.97. The monoisotopic (exact) mass is 336 g/mol. The molecule has 0 spiro atoms. The Morgan fingerprint density at radius 3 is 3.00 bits per heavy atom. The van der Waals surface area contributed by atoms with E-state index in [1.807, 2.05) is 6.92 Å². The molecule has 0 bridgehead atoms. The summed E-state index contributed by atoms with van der Waals surface area (Å²) in [5.41, 5.74) is 1.02. The fourth-order valence-electron chi connectivity index (χ4n) is 3.70. The van der Waals surface area contributed by atoms with E-state index in [2.05, 4.69) is 15.0 Å². The van der Waals surface area contributed by atoms with E-state index in [1.165, 1.54) is 6.20 Å². The highest BCUT2D eigenvalue weighted by molar-refractivity contribution is 7.89. The quantitative estimate of drug-likeness (QED) is 0.824. The molecule has 2 aliphatic rings. The van der Waals surface area contributed by atoms with Gasteiger partial charge in [0.25, 0.3) is 5.71 Å². The number of rotatable bonds is 2. The minimum absolute atomic E-state index is 0.0337. The van der Waals surface area contributed by atoms with E-state index in [0.717, 1.165) is 25.9 Å². The predicted molar refractivity (Wildman–Crippen MR) is 84.5 cm³/mol. The number of fused-ring (bicyclic) bond motifs is 2. The lowest BCUT2D eigenvalue weighted by atomic mass is 10.1. The van der Waals surface area contributed by atoms with Crippen LogP contribution in [0.4, 0.5) is 0 Å². The molecule has 0 aliphatic carbocycles. The van der Waals surface area contributed by atoms with Gasteiger partial charge in [0, 0.05) is 25.2 Å². The summed E-state index contributed by atoms with van der Waals surface area (Å²) in [6, 6.07) is 1.93. The summed E-state index contributed by atoms with van der Waals surface area (Å²) in [5.74, 6) is 0. The largest absolute Gasteiger partial charge is 0.336 e. The van der Waals surface area contributed by atoms with Crippen LogP contribution in [0.25, 0.3) is 11.1 Å². The van der Waals surface area contributed by atoms with Gasteiger partial charge in [0.05, 0.1) is 17.3 Å². The zero-order valence-corrected chi connectivity index (χ0v) is 14.1. The molecule has 7 nitrogen and oxygen atoms in total. The van der Waals surface area contributed by atoms with Gasteiger partial charge in [0.15, 0.2) is 0 Å². The summed E-state index contributed by atoms with van der Waals surface area (Å²) in [4.78, 5) is 6.73. The van der Waals surface area contributed by atoms with Crippen LogP contribution in [0.15, 0.2) is 21.7 Å². The third kappa shape index (κ3) is 2.36. The predicted octanol–water partition coefficient (Wildman–Crippen LogP) is 1.39. The molecule has 2 unspecified atom stereocenters. The summed E-state index contributed by atoms with van der Waals surface area (Å²) in [6.45, 7) is 6.19. The summed E-state index contributed by atoms with van der Waals surface area (Å²) in [7, 11) is -3.56. The number of aromatic nitrogens is 2. The van der Waals surface area contributed by atoms with Gasteiger partial charge in [-0.25, -0.2) is 13.4 Å². The molecule has 124 valence electrons. The van der Waals surface area contributed by atoms with Gasteiger partial charge in [-0.15, -0.1) is 0 Å². The van der Waals surface area contributed by atoms with Crippen molar-refractivity contribution in [1.29, 1.82) is 0 Å². The van der Waals surface area contributed by atoms with Crippen LogP contribution in [0.5, 0.6) is 0 Å². The zero-order valence-electron chi connectivity index (χ0n) is 13.3. The lowest BCUT2D eigenvalue weighted by Gasteiger charge is -2.41. The molecule has 0 aromatic carbocycles. The number of piperazine rings is 1. The molecule has 2 atom stereocenters. The minimum Gasteiger partial charge on any atom is -0.336 e. The fraction of sp³-hybridized carbons (Fsp3) is 0.600. The van der Waals surface area contributed by atoms with Gasteiger partial charge in [-0.1, -0.05) is 5.16 Å². The van der Waals surface area contributed by atoms with Crippen molar-refractivity contribution in [3.8, 4) is 0 Å². The molecule has 2 aromatic rings. The molecule has 2 aromatic heterocycles. The van der Waals surface area contributed by atoms with Crippen LogP contribution in [0.3, 0.4) is 0 Å². The van der Waals surface area contributed by atoms with Gasteiger partial charge in [0.1, 0.15) is 4.90 Å². The molecular formula is C15H20N4O3S. The molecule has 0 amide bonds. The first-order valence-corrected chi connectivity index (χ1v) is 9.39. The number of hydrogen-bond donors (Lipinski definition) is 0. The van der Waals surface area contributed by atoms with E-state index in [9.17, 15) is 8.42 Å². The van der Waals surface area contributed by atoms with Crippen molar-refractivity contribution in [2.75, 3.05) is 19.6 Å². The molecule has 2 saturated heterocycles. The first-order valence-electron chi connectivity index (χ1n) is 7.95. The van der Waals surface area contributed by atoms with E-state index in [1.54, 1.807) is 17.3 Å². The van der Waals surface area contributed by atoms with Crippen LogP contribution in [-0.2, 0) is 10.0 Å². The van der Waals surface area contributed by atoms with Gasteiger partial charge in [-0.3, -0.25) is 4.90 Å². The molecule has 0 radical (unpaired) electrons. The highest BCUT2D eigenvalue weighted by Gasteiger charge is 2.40. The number of pyridine rings is 1. The van der Waals surface area contributed by atoms with E-state index >= 15 is 0 Å². The normalized spacial score (nSPS) is 26.7. The average molecular weight is 336 g/mol. The average Bonchev–Trinajstić information content (AvgIpc) is 3.12. The van der Waals surface area contributed by atoms with Crippen molar-refractivity contribution < 1.29 is 12.9 Å². The molecule has 4 heterocycles. The molecule has 2 fully saturated rings. The SMILES string of the molecule is Cc1noc2ncc(S(=O)(=O)N3CC4CCCN4CC3C)cc12. The second-order valence-corrected chi connectivity index (χ2v) is 8.40. The van der Waals surface area contributed by atoms with Gasteiger partial charge >= 0.3 is 0 Å². The number of nitrogens with zero attached hydrogens (tertiary/aromatic N) is 4. The van der Waals surface area contributed by atoms with Crippen LogP contribution in [0, 0.1) is 6.92 Å². The van der Waals surface area contributed by atoms with E-state index in [0.29, 0.717) is 29.4 Å². The van der Waals surface area contributed by atoms with E-state index in [4.69, 9.17) is 4.52 Å². The second-order valence-electron chi connectivity index (χ2n) is 6.51. The Kier molecular flexibility index (Phi) is 3.44. The molecule has 4 rings (SSSR count). The topological polar surface area (TPSA) is 79.5 Å². The highest BCUT2D eigenvalue weighted by Crippen LogP contribution is 2.30. The summed E-state index contributed by atoms with van der Waals surface area (Å²) in [5, 5.41) is 4.49. The first kappa shape index (κ1) is 15.0. The van der Waals surface area contributed by atoms with E-state index in [-0.39, 0.29) is 10.9 Å². The second kappa shape index (κ2) is 5.25. The standard InChI is InChI=1S/C15H20N4O3S/c1-10-8-18-5-3-4-12(18)9-19(10)23(20,21)13-6-14-11(2)17-22-15(14)16-7-13/h6-7,10,12H,3-5,8-9H2,1-2H3. The number of sulfonamides is 1. The Labute approximate surface area is 135 Å². The molecule has 2 aliphatic heterocycles. The number of hydrogen-bond acceptors (Lipinski definition) is 6. The maximum Gasteiger partial charge on any atom is 0.257 e. The van der Waals surface area contributed by atoms with Crippen LogP contribution in [0.2, 0.25) is 0 Å². The Morgan fingerprint density at radius 1 is 1.35 bits per heavy atom. The summed E-state index contributed by atoms with van der Waals surface area (Å²) < 4.78 is 32.9. The van der Waals surface area contributed by atoms with Crippen LogP contribution in [0.1, 0.15) is 25.5 Å². The third-order valence-corrected chi connectivity index (χ3v) is 6.92.